The number of rotatable bonds is 5. The second kappa shape index (κ2) is 4.83. The molecule has 6 heteroatoms. The van der Waals surface area contributed by atoms with Crippen LogP contribution < -0.4 is 5.32 Å². The molecule has 2 heterocycles. The van der Waals surface area contributed by atoms with Gasteiger partial charge in [-0.15, -0.1) is 0 Å². The summed E-state index contributed by atoms with van der Waals surface area (Å²) in [6.07, 6.45) is 3.58. The second-order valence-corrected chi connectivity index (χ2v) is 4.59. The molecule has 1 aromatic rings. The van der Waals surface area contributed by atoms with Gasteiger partial charge in [-0.1, -0.05) is 6.92 Å². The summed E-state index contributed by atoms with van der Waals surface area (Å²) in [5, 5.41) is 16.6. The first kappa shape index (κ1) is 12.0. The first-order valence-electron chi connectivity index (χ1n) is 5.99. The highest BCUT2D eigenvalue weighted by Crippen LogP contribution is 2.29. The van der Waals surface area contributed by atoms with E-state index in [-0.39, 0.29) is 0 Å². The molecule has 94 valence electrons. The van der Waals surface area contributed by atoms with Gasteiger partial charge in [0.15, 0.2) is 0 Å². The zero-order valence-electron chi connectivity index (χ0n) is 10.0. The van der Waals surface area contributed by atoms with E-state index >= 15 is 0 Å². The Labute approximate surface area is 100 Å². The van der Waals surface area contributed by atoms with Crippen LogP contribution in [0.2, 0.25) is 0 Å². The number of aryl methyl sites for hydroxylation is 1. The van der Waals surface area contributed by atoms with Crippen molar-refractivity contribution in [1.82, 2.24) is 20.1 Å². The number of hydrogen-bond acceptors (Lipinski definition) is 4. The van der Waals surface area contributed by atoms with Crippen LogP contribution in [-0.4, -0.2) is 38.9 Å². The second-order valence-electron chi connectivity index (χ2n) is 4.59. The van der Waals surface area contributed by atoms with Gasteiger partial charge in [0.2, 0.25) is 0 Å². The van der Waals surface area contributed by atoms with Gasteiger partial charge < -0.3 is 10.4 Å². The molecule has 0 saturated carbocycles. The van der Waals surface area contributed by atoms with Gasteiger partial charge in [-0.3, -0.25) is 9.48 Å². The lowest BCUT2D eigenvalue weighted by Crippen LogP contribution is -2.36. The van der Waals surface area contributed by atoms with Crippen LogP contribution >= 0.6 is 0 Å². The fraction of sp³-hybridized carbons (Fsp3) is 0.727. The molecule has 0 radical (unpaired) electrons. The molecule has 0 bridgehead atoms. The van der Waals surface area contributed by atoms with Crippen molar-refractivity contribution in [2.45, 2.75) is 32.7 Å². The standard InChI is InChI=1S/C11H18N4O2/c1-2-5-15-9(13-8-14-15)6-11(10(16)17)3-4-12-7-11/h8,12H,2-7H2,1H3,(H,16,17). The van der Waals surface area contributed by atoms with E-state index < -0.39 is 11.4 Å². The number of aromatic nitrogens is 3. The molecule has 1 atom stereocenters. The molecule has 1 aliphatic rings. The highest BCUT2D eigenvalue weighted by Gasteiger charge is 2.42. The fourth-order valence-corrected chi connectivity index (χ4v) is 2.28. The molecule has 0 aromatic carbocycles. The van der Waals surface area contributed by atoms with Gasteiger partial charge in [0, 0.05) is 19.5 Å². The van der Waals surface area contributed by atoms with Crippen LogP contribution in [0.5, 0.6) is 0 Å². The summed E-state index contributed by atoms with van der Waals surface area (Å²) in [5.74, 6) is 0.0338. The fourth-order valence-electron chi connectivity index (χ4n) is 2.28. The topological polar surface area (TPSA) is 80.0 Å². The maximum absolute atomic E-state index is 11.4. The molecular formula is C11H18N4O2. The van der Waals surface area contributed by atoms with Gasteiger partial charge in [-0.25, -0.2) is 4.98 Å². The Balaban J connectivity index is 2.17. The lowest BCUT2D eigenvalue weighted by atomic mass is 9.83. The monoisotopic (exact) mass is 238 g/mol. The van der Waals surface area contributed by atoms with Crippen molar-refractivity contribution < 1.29 is 9.90 Å². The molecule has 2 rings (SSSR count). The van der Waals surface area contributed by atoms with Crippen LogP contribution in [0.4, 0.5) is 0 Å². The van der Waals surface area contributed by atoms with Crippen molar-refractivity contribution in [3.8, 4) is 0 Å². The van der Waals surface area contributed by atoms with E-state index in [0.29, 0.717) is 19.4 Å². The van der Waals surface area contributed by atoms with Crippen molar-refractivity contribution in [1.29, 1.82) is 0 Å². The summed E-state index contributed by atoms with van der Waals surface area (Å²) >= 11 is 0. The molecule has 1 aliphatic heterocycles. The predicted molar refractivity (Wildman–Crippen MR) is 61.6 cm³/mol. The number of carbonyl (C=O) groups is 1. The first-order chi connectivity index (χ1) is 8.18. The summed E-state index contributed by atoms with van der Waals surface area (Å²) in [6.45, 7) is 4.13. The molecular weight excluding hydrogens is 220 g/mol. The maximum Gasteiger partial charge on any atom is 0.311 e. The Bertz CT molecular complexity index is 396. The molecule has 6 nitrogen and oxygen atoms in total. The zero-order valence-corrected chi connectivity index (χ0v) is 10.0. The number of nitrogens with zero attached hydrogens (tertiary/aromatic N) is 3. The van der Waals surface area contributed by atoms with Gasteiger partial charge in [0.1, 0.15) is 12.2 Å². The minimum atomic E-state index is -0.742. The lowest BCUT2D eigenvalue weighted by Gasteiger charge is -2.22. The summed E-state index contributed by atoms with van der Waals surface area (Å²) in [7, 11) is 0. The molecule has 1 fully saturated rings. The Hall–Kier alpha value is -1.43. The van der Waals surface area contributed by atoms with Crippen molar-refractivity contribution >= 4 is 5.97 Å². The van der Waals surface area contributed by atoms with Crippen LogP contribution in [0.1, 0.15) is 25.6 Å². The molecule has 1 unspecified atom stereocenters. The van der Waals surface area contributed by atoms with E-state index in [2.05, 4.69) is 22.3 Å². The van der Waals surface area contributed by atoms with Gasteiger partial charge in [0.05, 0.1) is 5.41 Å². The summed E-state index contributed by atoms with van der Waals surface area (Å²) < 4.78 is 1.81. The Morgan fingerprint density at radius 1 is 1.71 bits per heavy atom. The third kappa shape index (κ3) is 2.31. The Morgan fingerprint density at radius 3 is 3.12 bits per heavy atom. The normalized spacial score (nSPS) is 24.1. The van der Waals surface area contributed by atoms with Crippen LogP contribution in [0, 0.1) is 5.41 Å². The Morgan fingerprint density at radius 2 is 2.53 bits per heavy atom. The predicted octanol–water partition coefficient (Wildman–Crippen LogP) is 0.295. The largest absolute Gasteiger partial charge is 0.481 e. The zero-order chi connectivity index (χ0) is 12.3. The smallest absolute Gasteiger partial charge is 0.311 e. The quantitative estimate of drug-likeness (QED) is 0.771. The minimum absolute atomic E-state index is 0.454. The molecule has 1 aromatic heterocycles. The third-order valence-corrected chi connectivity index (χ3v) is 3.33. The van der Waals surface area contributed by atoms with E-state index in [0.717, 1.165) is 25.3 Å². The molecule has 1 saturated heterocycles. The number of carboxylic acid groups (broad SMARTS) is 1. The van der Waals surface area contributed by atoms with Crippen LogP contribution in [0.25, 0.3) is 0 Å². The van der Waals surface area contributed by atoms with E-state index in [1.165, 1.54) is 6.33 Å². The number of hydrogen-bond donors (Lipinski definition) is 2. The van der Waals surface area contributed by atoms with Gasteiger partial charge in [-0.2, -0.15) is 5.10 Å². The van der Waals surface area contributed by atoms with Crippen LogP contribution in [0.3, 0.4) is 0 Å². The highest BCUT2D eigenvalue weighted by atomic mass is 16.4. The van der Waals surface area contributed by atoms with Crippen molar-refractivity contribution in [3.05, 3.63) is 12.2 Å². The van der Waals surface area contributed by atoms with E-state index in [1.807, 2.05) is 4.68 Å². The molecule has 0 amide bonds. The summed E-state index contributed by atoms with van der Waals surface area (Å²) in [5.41, 5.74) is -0.710. The highest BCUT2D eigenvalue weighted by molar-refractivity contribution is 5.75. The van der Waals surface area contributed by atoms with E-state index in [9.17, 15) is 9.90 Å². The summed E-state index contributed by atoms with van der Waals surface area (Å²) in [4.78, 5) is 15.6. The maximum atomic E-state index is 11.4. The SMILES string of the molecule is CCCn1ncnc1CC1(C(=O)O)CCNC1. The third-order valence-electron chi connectivity index (χ3n) is 3.33. The van der Waals surface area contributed by atoms with Gasteiger partial charge >= 0.3 is 5.97 Å². The lowest BCUT2D eigenvalue weighted by molar-refractivity contribution is -0.147. The first-order valence-corrected chi connectivity index (χ1v) is 5.99. The van der Waals surface area contributed by atoms with Gasteiger partial charge in [-0.05, 0) is 19.4 Å². The molecule has 2 N–H and O–H groups in total. The van der Waals surface area contributed by atoms with Crippen LogP contribution in [-0.2, 0) is 17.8 Å². The van der Waals surface area contributed by atoms with Crippen molar-refractivity contribution in [3.63, 3.8) is 0 Å². The number of aliphatic carboxylic acids is 1. The van der Waals surface area contributed by atoms with Crippen molar-refractivity contribution in [2.75, 3.05) is 13.1 Å². The van der Waals surface area contributed by atoms with Crippen LogP contribution in [0.15, 0.2) is 6.33 Å². The molecule has 0 spiro atoms. The van der Waals surface area contributed by atoms with E-state index in [4.69, 9.17) is 0 Å². The minimum Gasteiger partial charge on any atom is -0.481 e. The molecule has 17 heavy (non-hydrogen) atoms. The molecule has 0 aliphatic carbocycles. The Kier molecular flexibility index (Phi) is 3.42. The number of nitrogens with one attached hydrogen (secondary N) is 1. The van der Waals surface area contributed by atoms with Gasteiger partial charge in [0.25, 0.3) is 0 Å². The average molecular weight is 238 g/mol. The van der Waals surface area contributed by atoms with Crippen molar-refractivity contribution in [2.24, 2.45) is 5.41 Å². The average Bonchev–Trinajstić information content (AvgIpc) is 2.91. The summed E-state index contributed by atoms with van der Waals surface area (Å²) in [6, 6.07) is 0. The van der Waals surface area contributed by atoms with E-state index in [1.54, 1.807) is 0 Å². The number of carboxylic acids is 1.